The minimum absolute atomic E-state index is 0.127. The van der Waals surface area contributed by atoms with E-state index in [1.807, 2.05) is 11.9 Å². The molecule has 2 aromatic heterocycles. The van der Waals surface area contributed by atoms with Crippen LogP contribution in [0.4, 0.5) is 11.6 Å². The van der Waals surface area contributed by atoms with Crippen LogP contribution < -0.4 is 10.6 Å². The van der Waals surface area contributed by atoms with Gasteiger partial charge in [0.1, 0.15) is 17.4 Å². The number of hydrogen-bond acceptors (Lipinski definition) is 8. The van der Waals surface area contributed by atoms with Crippen molar-refractivity contribution in [3.8, 4) is 0 Å². The fourth-order valence-corrected chi connectivity index (χ4v) is 5.15. The molecule has 0 radical (unpaired) electrons. The van der Waals surface area contributed by atoms with Gasteiger partial charge in [-0.05, 0) is 30.4 Å². The van der Waals surface area contributed by atoms with Gasteiger partial charge in [-0.2, -0.15) is 5.10 Å². The van der Waals surface area contributed by atoms with Gasteiger partial charge in [0, 0.05) is 59.3 Å². The number of fused-ring (bicyclic) bond motifs is 2. The van der Waals surface area contributed by atoms with Crippen molar-refractivity contribution in [3.63, 3.8) is 0 Å². The predicted octanol–water partition coefficient (Wildman–Crippen LogP) is 1.62. The molecule has 1 amide bonds. The monoisotopic (exact) mass is 478 g/mol. The SMILES string of the molecule is CC(=O)N1CCC(Nc2ncnc3c(NC[C@@H](O)CN4CCc5ccccc5C4)nn(C)c23)CC1. The quantitative estimate of drug-likeness (QED) is 0.470. The van der Waals surface area contributed by atoms with Crippen molar-refractivity contribution >= 4 is 28.6 Å². The zero-order valence-corrected chi connectivity index (χ0v) is 20.4. The Labute approximate surface area is 205 Å². The molecule has 0 saturated carbocycles. The minimum Gasteiger partial charge on any atom is -0.390 e. The van der Waals surface area contributed by atoms with Gasteiger partial charge < -0.3 is 20.6 Å². The zero-order chi connectivity index (χ0) is 24.4. The number of nitrogens with zero attached hydrogens (tertiary/aromatic N) is 6. The van der Waals surface area contributed by atoms with Crippen LogP contribution in [0.5, 0.6) is 0 Å². The average Bonchev–Trinajstić information content (AvgIpc) is 3.19. The first-order valence-electron chi connectivity index (χ1n) is 12.4. The molecule has 10 heteroatoms. The van der Waals surface area contributed by atoms with Crippen LogP contribution in [-0.2, 0) is 24.8 Å². The highest BCUT2D eigenvalue weighted by molar-refractivity contribution is 5.93. The number of piperidine rings is 1. The molecule has 3 aromatic rings. The number of nitrogens with one attached hydrogen (secondary N) is 2. The Kier molecular flexibility index (Phi) is 6.83. The molecular formula is C25H34N8O2. The standard InChI is InChI=1S/C25H34N8O2/c1-17(34)33-11-8-20(9-12-33)29-25-23-22(27-16-28-25)24(30-31(23)2)26-13-21(35)15-32-10-7-18-5-3-4-6-19(18)14-32/h3-6,16,20-21,35H,7-15H2,1-2H3,(H,26,30)(H,27,28,29)/t21-/m1/s1. The number of aliphatic hydroxyl groups is 1. The van der Waals surface area contributed by atoms with Gasteiger partial charge in [-0.3, -0.25) is 14.4 Å². The maximum atomic E-state index is 11.6. The van der Waals surface area contributed by atoms with Gasteiger partial charge in [-0.1, -0.05) is 24.3 Å². The molecule has 0 aliphatic carbocycles. The molecule has 1 aromatic carbocycles. The summed E-state index contributed by atoms with van der Waals surface area (Å²) in [6.45, 7) is 5.93. The van der Waals surface area contributed by atoms with Crippen LogP contribution in [0, 0.1) is 0 Å². The Balaban J connectivity index is 1.20. The second kappa shape index (κ2) is 10.2. The Morgan fingerprint density at radius 3 is 2.69 bits per heavy atom. The van der Waals surface area contributed by atoms with Gasteiger partial charge in [-0.25, -0.2) is 9.97 Å². The van der Waals surface area contributed by atoms with Crippen molar-refractivity contribution in [2.75, 3.05) is 43.4 Å². The summed E-state index contributed by atoms with van der Waals surface area (Å²) in [6, 6.07) is 8.77. The molecule has 0 bridgehead atoms. The van der Waals surface area contributed by atoms with Crippen molar-refractivity contribution in [1.29, 1.82) is 0 Å². The third-order valence-electron chi connectivity index (χ3n) is 7.09. The maximum absolute atomic E-state index is 11.6. The molecule has 186 valence electrons. The predicted molar refractivity (Wildman–Crippen MR) is 135 cm³/mol. The normalized spacial score (nSPS) is 17.9. The van der Waals surface area contributed by atoms with Crippen molar-refractivity contribution in [2.24, 2.45) is 7.05 Å². The number of β-amino-alcohol motifs (C(OH)–C–C–N with tert-alkyl or cyclic N) is 1. The van der Waals surface area contributed by atoms with E-state index in [4.69, 9.17) is 0 Å². The van der Waals surface area contributed by atoms with Crippen LogP contribution in [-0.4, -0.2) is 85.4 Å². The van der Waals surface area contributed by atoms with E-state index in [0.29, 0.717) is 18.9 Å². The third kappa shape index (κ3) is 5.23. The van der Waals surface area contributed by atoms with Gasteiger partial charge >= 0.3 is 0 Å². The van der Waals surface area contributed by atoms with Crippen LogP contribution in [0.1, 0.15) is 30.9 Å². The van der Waals surface area contributed by atoms with Crippen LogP contribution in [0.2, 0.25) is 0 Å². The molecule has 5 rings (SSSR count). The molecular weight excluding hydrogens is 444 g/mol. The van der Waals surface area contributed by atoms with E-state index >= 15 is 0 Å². The van der Waals surface area contributed by atoms with E-state index in [1.165, 1.54) is 11.1 Å². The molecule has 0 unspecified atom stereocenters. The summed E-state index contributed by atoms with van der Waals surface area (Å²) < 4.78 is 1.78. The number of aryl methyl sites for hydroxylation is 1. The molecule has 1 fully saturated rings. The topological polar surface area (TPSA) is 111 Å². The van der Waals surface area contributed by atoms with Gasteiger partial charge in [0.05, 0.1) is 6.10 Å². The first kappa shape index (κ1) is 23.5. The summed E-state index contributed by atoms with van der Waals surface area (Å²) in [6.07, 6.45) is 3.79. The molecule has 0 spiro atoms. The van der Waals surface area contributed by atoms with E-state index in [1.54, 1.807) is 17.9 Å². The fraction of sp³-hybridized carbons (Fsp3) is 0.520. The number of likely N-dealkylation sites (tertiary alicyclic amines) is 1. The van der Waals surface area contributed by atoms with Crippen molar-refractivity contribution < 1.29 is 9.90 Å². The van der Waals surface area contributed by atoms with Crippen LogP contribution in [0.15, 0.2) is 30.6 Å². The Hall–Kier alpha value is -3.24. The summed E-state index contributed by atoms with van der Waals surface area (Å²) in [4.78, 5) is 24.7. The second-order valence-corrected chi connectivity index (χ2v) is 9.60. The number of hydrogen-bond donors (Lipinski definition) is 3. The Morgan fingerprint density at radius 1 is 1.14 bits per heavy atom. The molecule has 4 heterocycles. The number of carbonyl (C=O) groups excluding carboxylic acids is 1. The first-order valence-corrected chi connectivity index (χ1v) is 12.4. The lowest BCUT2D eigenvalue weighted by atomic mass is 10.00. The Morgan fingerprint density at radius 2 is 1.91 bits per heavy atom. The Bertz CT molecular complexity index is 1190. The zero-order valence-electron chi connectivity index (χ0n) is 20.4. The highest BCUT2D eigenvalue weighted by atomic mass is 16.3. The third-order valence-corrected chi connectivity index (χ3v) is 7.09. The lowest BCUT2D eigenvalue weighted by Crippen LogP contribution is -2.41. The molecule has 2 aliphatic rings. The first-order chi connectivity index (χ1) is 17.0. The average molecular weight is 479 g/mol. The number of rotatable bonds is 7. The number of amides is 1. The number of aromatic nitrogens is 4. The van der Waals surface area contributed by atoms with Crippen LogP contribution in [0.25, 0.3) is 11.0 Å². The van der Waals surface area contributed by atoms with Crippen LogP contribution in [0.3, 0.4) is 0 Å². The summed E-state index contributed by atoms with van der Waals surface area (Å²) in [5.41, 5.74) is 4.31. The van der Waals surface area contributed by atoms with Crippen molar-refractivity contribution in [1.82, 2.24) is 29.5 Å². The molecule has 1 saturated heterocycles. The van der Waals surface area contributed by atoms with Gasteiger partial charge in [0.25, 0.3) is 0 Å². The highest BCUT2D eigenvalue weighted by Crippen LogP contribution is 2.27. The largest absolute Gasteiger partial charge is 0.390 e. The number of anilines is 2. The van der Waals surface area contributed by atoms with E-state index < -0.39 is 6.10 Å². The smallest absolute Gasteiger partial charge is 0.219 e. The lowest BCUT2D eigenvalue weighted by molar-refractivity contribution is -0.129. The van der Waals surface area contributed by atoms with Crippen LogP contribution >= 0.6 is 0 Å². The summed E-state index contributed by atoms with van der Waals surface area (Å²) in [5, 5.41) is 22.1. The molecule has 2 aliphatic heterocycles. The van der Waals surface area contributed by atoms with E-state index in [2.05, 4.69) is 54.9 Å². The fourth-order valence-electron chi connectivity index (χ4n) is 5.15. The molecule has 35 heavy (non-hydrogen) atoms. The highest BCUT2D eigenvalue weighted by Gasteiger charge is 2.23. The van der Waals surface area contributed by atoms with E-state index in [9.17, 15) is 9.90 Å². The van der Waals surface area contributed by atoms with E-state index in [-0.39, 0.29) is 11.9 Å². The number of aliphatic hydroxyl groups excluding tert-OH is 1. The molecule has 1 atom stereocenters. The summed E-state index contributed by atoms with van der Waals surface area (Å²) >= 11 is 0. The number of benzene rings is 1. The molecule has 10 nitrogen and oxygen atoms in total. The summed E-state index contributed by atoms with van der Waals surface area (Å²) in [5.74, 6) is 1.51. The maximum Gasteiger partial charge on any atom is 0.219 e. The van der Waals surface area contributed by atoms with Crippen molar-refractivity contribution in [3.05, 3.63) is 41.7 Å². The van der Waals surface area contributed by atoms with Gasteiger partial charge in [0.15, 0.2) is 11.6 Å². The number of carbonyl (C=O) groups is 1. The van der Waals surface area contributed by atoms with Gasteiger partial charge in [-0.15, -0.1) is 0 Å². The second-order valence-electron chi connectivity index (χ2n) is 9.60. The van der Waals surface area contributed by atoms with Gasteiger partial charge in [0.2, 0.25) is 5.91 Å². The molecule has 3 N–H and O–H groups in total. The van der Waals surface area contributed by atoms with Crippen molar-refractivity contribution in [2.45, 2.75) is 44.9 Å². The lowest BCUT2D eigenvalue weighted by Gasteiger charge is -2.32. The van der Waals surface area contributed by atoms with E-state index in [0.717, 1.165) is 62.3 Å². The minimum atomic E-state index is -0.525. The summed E-state index contributed by atoms with van der Waals surface area (Å²) in [7, 11) is 1.88.